The number of carbonyl (C=O) groups is 2. The molecule has 0 unspecified atom stereocenters. The molecule has 0 saturated carbocycles. The molecule has 0 radical (unpaired) electrons. The lowest BCUT2D eigenvalue weighted by Crippen LogP contribution is -2.50. The zero-order valence-electron chi connectivity index (χ0n) is 15.2. The topological polar surface area (TPSA) is 144 Å². The third-order valence-corrected chi connectivity index (χ3v) is 5.54. The van der Waals surface area contributed by atoms with Gasteiger partial charge in [0.2, 0.25) is 10.0 Å². The fraction of sp³-hybridized carbons (Fsp3) is 0.222. The minimum Gasteiger partial charge on any atom is -0.335 e. The summed E-state index contributed by atoms with van der Waals surface area (Å²) < 4.78 is 22.6. The van der Waals surface area contributed by atoms with Crippen LogP contribution in [-0.2, 0) is 10.0 Å². The van der Waals surface area contributed by atoms with E-state index in [0.29, 0.717) is 37.3 Å². The van der Waals surface area contributed by atoms with Gasteiger partial charge in [0.25, 0.3) is 17.5 Å². The number of amides is 2. The highest BCUT2D eigenvalue weighted by atomic mass is 32.2. The highest BCUT2D eigenvalue weighted by molar-refractivity contribution is 7.89. The SMILES string of the molecule is NS(=O)(=O)c1ccc(C(=O)N2CCN(C(=O)c3ccc([N+](=O)[O-])cc3)CC2)cc1. The maximum absolute atomic E-state index is 12.6. The van der Waals surface area contributed by atoms with Crippen molar-refractivity contribution in [3.05, 3.63) is 69.8 Å². The van der Waals surface area contributed by atoms with Gasteiger partial charge in [-0.25, -0.2) is 13.6 Å². The number of nitro benzene ring substituents is 1. The first-order valence-corrected chi connectivity index (χ1v) is 10.2. The third-order valence-electron chi connectivity index (χ3n) is 4.61. The predicted octanol–water partition coefficient (Wildman–Crippen LogP) is 0.840. The van der Waals surface area contributed by atoms with Crippen molar-refractivity contribution in [2.75, 3.05) is 26.2 Å². The molecule has 0 bridgehead atoms. The van der Waals surface area contributed by atoms with Gasteiger partial charge in [-0.3, -0.25) is 19.7 Å². The molecule has 3 rings (SSSR count). The number of sulfonamides is 1. The van der Waals surface area contributed by atoms with E-state index in [-0.39, 0.29) is 22.4 Å². The summed E-state index contributed by atoms with van der Waals surface area (Å²) in [6, 6.07) is 10.7. The molecule has 0 aliphatic carbocycles. The van der Waals surface area contributed by atoms with E-state index in [1.165, 1.54) is 48.5 Å². The molecule has 0 spiro atoms. The zero-order chi connectivity index (χ0) is 21.2. The Labute approximate surface area is 166 Å². The van der Waals surface area contributed by atoms with Crippen LogP contribution in [0.5, 0.6) is 0 Å². The molecule has 11 heteroatoms. The predicted molar refractivity (Wildman–Crippen MR) is 103 cm³/mol. The Morgan fingerprint density at radius 1 is 0.828 bits per heavy atom. The molecule has 1 aliphatic rings. The second-order valence-electron chi connectivity index (χ2n) is 6.46. The van der Waals surface area contributed by atoms with Gasteiger partial charge in [0.1, 0.15) is 0 Å². The number of piperazine rings is 1. The van der Waals surface area contributed by atoms with Crippen LogP contribution in [0, 0.1) is 10.1 Å². The van der Waals surface area contributed by atoms with Crippen molar-refractivity contribution >= 4 is 27.5 Å². The van der Waals surface area contributed by atoms with E-state index in [1.54, 1.807) is 9.80 Å². The van der Waals surface area contributed by atoms with E-state index in [0.717, 1.165) is 0 Å². The average molecular weight is 418 g/mol. The third kappa shape index (κ3) is 4.58. The monoisotopic (exact) mass is 418 g/mol. The summed E-state index contributed by atoms with van der Waals surface area (Å²) >= 11 is 0. The van der Waals surface area contributed by atoms with Crippen LogP contribution in [0.2, 0.25) is 0 Å². The summed E-state index contributed by atoms with van der Waals surface area (Å²) in [6.45, 7) is 1.26. The van der Waals surface area contributed by atoms with Crippen molar-refractivity contribution in [3.8, 4) is 0 Å². The van der Waals surface area contributed by atoms with Crippen LogP contribution >= 0.6 is 0 Å². The lowest BCUT2D eigenvalue weighted by atomic mass is 10.1. The summed E-state index contributed by atoms with van der Waals surface area (Å²) in [4.78, 5) is 38.4. The number of nitro groups is 1. The van der Waals surface area contributed by atoms with E-state index in [9.17, 15) is 28.1 Å². The molecule has 1 saturated heterocycles. The Balaban J connectivity index is 1.61. The zero-order valence-corrected chi connectivity index (χ0v) is 16.0. The fourth-order valence-corrected chi connectivity index (χ4v) is 3.51. The number of nitrogens with two attached hydrogens (primary N) is 1. The van der Waals surface area contributed by atoms with Gasteiger partial charge in [-0.2, -0.15) is 0 Å². The Kier molecular flexibility index (Phi) is 5.62. The van der Waals surface area contributed by atoms with Crippen LogP contribution in [0.1, 0.15) is 20.7 Å². The lowest BCUT2D eigenvalue weighted by Gasteiger charge is -2.34. The van der Waals surface area contributed by atoms with Gasteiger partial charge in [-0.1, -0.05) is 0 Å². The molecular formula is C18H18N4O6S. The number of hydrogen-bond acceptors (Lipinski definition) is 6. The van der Waals surface area contributed by atoms with Crippen molar-refractivity contribution in [1.82, 2.24) is 9.80 Å². The average Bonchev–Trinajstić information content (AvgIpc) is 2.72. The number of non-ortho nitro benzene ring substituents is 1. The van der Waals surface area contributed by atoms with Gasteiger partial charge in [-0.05, 0) is 36.4 Å². The van der Waals surface area contributed by atoms with Gasteiger partial charge < -0.3 is 9.80 Å². The van der Waals surface area contributed by atoms with Crippen LogP contribution in [-0.4, -0.2) is 61.1 Å². The molecule has 29 heavy (non-hydrogen) atoms. The normalized spacial score (nSPS) is 14.5. The molecule has 0 aromatic heterocycles. The van der Waals surface area contributed by atoms with Gasteiger partial charge in [0, 0.05) is 49.4 Å². The number of benzene rings is 2. The lowest BCUT2D eigenvalue weighted by molar-refractivity contribution is -0.384. The van der Waals surface area contributed by atoms with Crippen molar-refractivity contribution in [2.45, 2.75) is 4.90 Å². The Morgan fingerprint density at radius 2 is 1.21 bits per heavy atom. The highest BCUT2D eigenvalue weighted by Gasteiger charge is 2.26. The van der Waals surface area contributed by atoms with Gasteiger partial charge in [0.05, 0.1) is 9.82 Å². The first-order chi connectivity index (χ1) is 13.7. The second-order valence-corrected chi connectivity index (χ2v) is 8.02. The summed E-state index contributed by atoms with van der Waals surface area (Å²) in [7, 11) is -3.83. The molecule has 2 aromatic rings. The first-order valence-electron chi connectivity index (χ1n) is 8.63. The molecular weight excluding hydrogens is 400 g/mol. The molecule has 0 atom stereocenters. The van der Waals surface area contributed by atoms with Gasteiger partial charge in [0.15, 0.2) is 0 Å². The van der Waals surface area contributed by atoms with Crippen LogP contribution in [0.4, 0.5) is 5.69 Å². The van der Waals surface area contributed by atoms with E-state index in [2.05, 4.69) is 0 Å². The standard InChI is InChI=1S/C18H18N4O6S/c19-29(27,28)16-7-3-14(4-8-16)18(24)21-11-9-20(10-12-21)17(23)13-1-5-15(6-2-13)22(25)26/h1-8H,9-12H2,(H2,19,27,28). The molecule has 1 heterocycles. The Bertz CT molecular complexity index is 1040. The second kappa shape index (κ2) is 7.97. The smallest absolute Gasteiger partial charge is 0.269 e. The van der Waals surface area contributed by atoms with Gasteiger partial charge in [-0.15, -0.1) is 0 Å². The van der Waals surface area contributed by atoms with E-state index >= 15 is 0 Å². The maximum atomic E-state index is 12.6. The number of carbonyl (C=O) groups excluding carboxylic acids is 2. The molecule has 10 nitrogen and oxygen atoms in total. The summed E-state index contributed by atoms with van der Waals surface area (Å²) in [6.07, 6.45) is 0. The largest absolute Gasteiger partial charge is 0.335 e. The number of hydrogen-bond donors (Lipinski definition) is 1. The Hall–Kier alpha value is -3.31. The van der Waals surface area contributed by atoms with Crippen LogP contribution in [0.15, 0.2) is 53.4 Å². The quantitative estimate of drug-likeness (QED) is 0.575. The summed E-state index contributed by atoms with van der Waals surface area (Å²) in [5, 5.41) is 15.8. The summed E-state index contributed by atoms with van der Waals surface area (Å²) in [5.74, 6) is -0.530. The highest BCUT2D eigenvalue weighted by Crippen LogP contribution is 2.16. The fourth-order valence-electron chi connectivity index (χ4n) is 2.99. The Morgan fingerprint density at radius 3 is 1.55 bits per heavy atom. The summed E-state index contributed by atoms with van der Waals surface area (Å²) in [5.41, 5.74) is 0.576. The number of rotatable bonds is 4. The molecule has 2 amide bonds. The molecule has 1 aliphatic heterocycles. The number of nitrogens with zero attached hydrogens (tertiary/aromatic N) is 3. The minimum atomic E-state index is -3.83. The van der Waals surface area contributed by atoms with Crippen LogP contribution in [0.3, 0.4) is 0 Å². The van der Waals surface area contributed by atoms with Gasteiger partial charge >= 0.3 is 0 Å². The van der Waals surface area contributed by atoms with Crippen LogP contribution in [0.25, 0.3) is 0 Å². The molecule has 2 aromatic carbocycles. The van der Waals surface area contributed by atoms with E-state index in [4.69, 9.17) is 5.14 Å². The number of primary sulfonamides is 1. The van der Waals surface area contributed by atoms with Crippen molar-refractivity contribution in [2.24, 2.45) is 5.14 Å². The van der Waals surface area contributed by atoms with E-state index < -0.39 is 14.9 Å². The van der Waals surface area contributed by atoms with Crippen molar-refractivity contribution in [3.63, 3.8) is 0 Å². The minimum absolute atomic E-state index is 0.0763. The molecule has 152 valence electrons. The van der Waals surface area contributed by atoms with Crippen molar-refractivity contribution in [1.29, 1.82) is 0 Å². The maximum Gasteiger partial charge on any atom is 0.269 e. The first kappa shape index (κ1) is 20.4. The molecule has 1 fully saturated rings. The van der Waals surface area contributed by atoms with Crippen molar-refractivity contribution < 1.29 is 22.9 Å². The van der Waals surface area contributed by atoms with E-state index in [1.807, 2.05) is 0 Å². The van der Waals surface area contributed by atoms with Crippen LogP contribution < -0.4 is 5.14 Å². The molecule has 2 N–H and O–H groups in total.